The van der Waals surface area contributed by atoms with E-state index in [1.807, 2.05) is 0 Å². The van der Waals surface area contributed by atoms with Gasteiger partial charge in [0.25, 0.3) is 0 Å². The maximum atomic E-state index is 5.76. The molecule has 6 nitrogen and oxygen atoms in total. The highest BCUT2D eigenvalue weighted by molar-refractivity contribution is 5.81. The first kappa shape index (κ1) is 10.5. The van der Waals surface area contributed by atoms with Crippen molar-refractivity contribution in [1.82, 2.24) is 19.5 Å². The van der Waals surface area contributed by atoms with Crippen LogP contribution in [0.15, 0.2) is 12.7 Å². The normalized spacial score (nSPS) is 17.6. The molecule has 2 aromatic heterocycles. The fraction of sp³-hybridized carbons (Fsp3) is 0.545. The fourth-order valence-electron chi connectivity index (χ4n) is 2.24. The first-order valence-corrected chi connectivity index (χ1v) is 5.83. The Hall–Kier alpha value is -1.69. The van der Waals surface area contributed by atoms with Gasteiger partial charge in [0.05, 0.1) is 6.33 Å². The Bertz CT molecular complexity index is 518. The smallest absolute Gasteiger partial charge is 0.165 e. The Labute approximate surface area is 98.8 Å². The lowest BCUT2D eigenvalue weighted by Crippen LogP contribution is -2.20. The summed E-state index contributed by atoms with van der Waals surface area (Å²) in [6, 6.07) is 0. The van der Waals surface area contributed by atoms with E-state index in [9.17, 15) is 0 Å². The monoisotopic (exact) mass is 233 g/mol. The number of fused-ring (bicyclic) bond motifs is 1. The molecule has 0 radical (unpaired) electrons. The van der Waals surface area contributed by atoms with Crippen molar-refractivity contribution in [2.24, 2.45) is 5.92 Å². The van der Waals surface area contributed by atoms with Crippen LogP contribution in [0.1, 0.15) is 12.8 Å². The topological polar surface area (TPSA) is 78.9 Å². The lowest BCUT2D eigenvalue weighted by molar-refractivity contribution is 0.0615. The molecule has 1 fully saturated rings. The lowest BCUT2D eigenvalue weighted by atomic mass is 10.0. The summed E-state index contributed by atoms with van der Waals surface area (Å²) >= 11 is 0. The maximum absolute atomic E-state index is 5.76. The van der Waals surface area contributed by atoms with Gasteiger partial charge in [0.2, 0.25) is 0 Å². The molecule has 0 bridgehead atoms. The molecule has 6 heteroatoms. The van der Waals surface area contributed by atoms with E-state index in [4.69, 9.17) is 10.5 Å². The number of hydrogen-bond acceptors (Lipinski definition) is 5. The van der Waals surface area contributed by atoms with Gasteiger partial charge < -0.3 is 15.0 Å². The van der Waals surface area contributed by atoms with Crippen LogP contribution >= 0.6 is 0 Å². The SMILES string of the molecule is Nc1ncnc2c1ncn2CC1CCOCC1. The molecule has 0 atom stereocenters. The summed E-state index contributed by atoms with van der Waals surface area (Å²) in [5, 5.41) is 0. The number of nitrogen functional groups attached to an aromatic ring is 1. The quantitative estimate of drug-likeness (QED) is 0.831. The van der Waals surface area contributed by atoms with Crippen molar-refractivity contribution >= 4 is 17.0 Å². The van der Waals surface area contributed by atoms with Crippen LogP contribution in [0.25, 0.3) is 11.2 Å². The van der Waals surface area contributed by atoms with Gasteiger partial charge in [-0.15, -0.1) is 0 Å². The lowest BCUT2D eigenvalue weighted by Gasteiger charge is -2.22. The molecular weight excluding hydrogens is 218 g/mol. The van der Waals surface area contributed by atoms with E-state index in [0.29, 0.717) is 17.3 Å². The first-order chi connectivity index (χ1) is 8.34. The summed E-state index contributed by atoms with van der Waals surface area (Å²) in [5.41, 5.74) is 7.27. The molecule has 90 valence electrons. The zero-order valence-corrected chi connectivity index (χ0v) is 9.54. The molecule has 0 amide bonds. The summed E-state index contributed by atoms with van der Waals surface area (Å²) in [5.74, 6) is 1.08. The molecule has 1 aliphatic rings. The van der Waals surface area contributed by atoms with Crippen molar-refractivity contribution in [1.29, 1.82) is 0 Å². The molecule has 0 unspecified atom stereocenters. The summed E-state index contributed by atoms with van der Waals surface area (Å²) in [6.45, 7) is 2.64. The predicted molar refractivity (Wildman–Crippen MR) is 63.3 cm³/mol. The Kier molecular flexibility index (Phi) is 2.64. The van der Waals surface area contributed by atoms with E-state index >= 15 is 0 Å². The third kappa shape index (κ3) is 1.95. The van der Waals surface area contributed by atoms with Crippen molar-refractivity contribution in [2.75, 3.05) is 18.9 Å². The molecular formula is C11H15N5O. The van der Waals surface area contributed by atoms with E-state index < -0.39 is 0 Å². The van der Waals surface area contributed by atoms with Gasteiger partial charge in [-0.1, -0.05) is 0 Å². The van der Waals surface area contributed by atoms with Gasteiger partial charge in [0.1, 0.15) is 11.8 Å². The van der Waals surface area contributed by atoms with Crippen LogP contribution in [0.5, 0.6) is 0 Å². The average Bonchev–Trinajstić information content (AvgIpc) is 2.76. The average molecular weight is 233 g/mol. The van der Waals surface area contributed by atoms with Crippen molar-refractivity contribution < 1.29 is 4.74 Å². The van der Waals surface area contributed by atoms with E-state index in [-0.39, 0.29) is 0 Å². The van der Waals surface area contributed by atoms with Crippen molar-refractivity contribution in [3.8, 4) is 0 Å². The highest BCUT2D eigenvalue weighted by Gasteiger charge is 2.16. The van der Waals surface area contributed by atoms with E-state index in [1.165, 1.54) is 6.33 Å². The molecule has 0 spiro atoms. The van der Waals surface area contributed by atoms with Crippen LogP contribution in [-0.4, -0.2) is 32.7 Å². The third-order valence-corrected chi connectivity index (χ3v) is 3.23. The standard InChI is InChI=1S/C11H15N5O/c12-10-9-11(14-6-13-10)16(7-15-9)5-8-1-3-17-4-2-8/h6-8H,1-5H2,(H2,12,13,14). The zero-order valence-electron chi connectivity index (χ0n) is 9.54. The zero-order chi connectivity index (χ0) is 11.7. The predicted octanol–water partition coefficient (Wildman–Crippen LogP) is 0.835. The number of aromatic nitrogens is 4. The van der Waals surface area contributed by atoms with Gasteiger partial charge in [-0.3, -0.25) is 0 Å². The number of imidazole rings is 1. The van der Waals surface area contributed by atoms with Crippen LogP contribution in [0.2, 0.25) is 0 Å². The third-order valence-electron chi connectivity index (χ3n) is 3.23. The van der Waals surface area contributed by atoms with Crippen molar-refractivity contribution in [3.05, 3.63) is 12.7 Å². The number of hydrogen-bond donors (Lipinski definition) is 1. The summed E-state index contributed by atoms with van der Waals surface area (Å²) < 4.78 is 7.41. The second-order valence-corrected chi connectivity index (χ2v) is 4.38. The van der Waals surface area contributed by atoms with E-state index in [0.717, 1.165) is 38.2 Å². The van der Waals surface area contributed by atoms with Crippen LogP contribution in [0.3, 0.4) is 0 Å². The molecule has 17 heavy (non-hydrogen) atoms. The Morgan fingerprint density at radius 3 is 2.94 bits per heavy atom. The highest BCUT2D eigenvalue weighted by atomic mass is 16.5. The van der Waals surface area contributed by atoms with E-state index in [1.54, 1.807) is 6.33 Å². The molecule has 3 heterocycles. The molecule has 1 saturated heterocycles. The van der Waals surface area contributed by atoms with Crippen LogP contribution in [-0.2, 0) is 11.3 Å². The number of nitrogens with two attached hydrogens (primary N) is 1. The van der Waals surface area contributed by atoms with E-state index in [2.05, 4.69) is 19.5 Å². The summed E-state index contributed by atoms with van der Waals surface area (Å²) in [7, 11) is 0. The Morgan fingerprint density at radius 1 is 1.29 bits per heavy atom. The molecule has 0 aliphatic carbocycles. The molecule has 0 aromatic carbocycles. The summed E-state index contributed by atoms with van der Waals surface area (Å²) in [4.78, 5) is 12.4. The van der Waals surface area contributed by atoms with Crippen LogP contribution in [0, 0.1) is 5.92 Å². The van der Waals surface area contributed by atoms with Crippen LogP contribution < -0.4 is 5.73 Å². The van der Waals surface area contributed by atoms with Gasteiger partial charge in [-0.25, -0.2) is 15.0 Å². The Balaban J connectivity index is 1.87. The molecule has 2 aromatic rings. The van der Waals surface area contributed by atoms with Gasteiger partial charge in [-0.05, 0) is 18.8 Å². The number of ether oxygens (including phenoxy) is 1. The minimum Gasteiger partial charge on any atom is -0.382 e. The van der Waals surface area contributed by atoms with Crippen LogP contribution in [0.4, 0.5) is 5.82 Å². The fourth-order valence-corrected chi connectivity index (χ4v) is 2.24. The highest BCUT2D eigenvalue weighted by Crippen LogP contribution is 2.20. The molecule has 0 saturated carbocycles. The summed E-state index contributed by atoms with van der Waals surface area (Å²) in [6.07, 6.45) is 5.48. The maximum Gasteiger partial charge on any atom is 0.165 e. The minimum absolute atomic E-state index is 0.445. The Morgan fingerprint density at radius 2 is 2.12 bits per heavy atom. The second-order valence-electron chi connectivity index (χ2n) is 4.38. The van der Waals surface area contributed by atoms with Crippen molar-refractivity contribution in [2.45, 2.75) is 19.4 Å². The first-order valence-electron chi connectivity index (χ1n) is 5.83. The van der Waals surface area contributed by atoms with Crippen molar-refractivity contribution in [3.63, 3.8) is 0 Å². The molecule has 2 N–H and O–H groups in total. The minimum atomic E-state index is 0.445. The number of nitrogens with zero attached hydrogens (tertiary/aromatic N) is 4. The van der Waals surface area contributed by atoms with Gasteiger partial charge in [-0.2, -0.15) is 0 Å². The molecule has 1 aliphatic heterocycles. The van der Waals surface area contributed by atoms with Gasteiger partial charge >= 0.3 is 0 Å². The number of anilines is 1. The van der Waals surface area contributed by atoms with Gasteiger partial charge in [0.15, 0.2) is 11.5 Å². The second kappa shape index (κ2) is 4.29. The number of rotatable bonds is 2. The molecule has 3 rings (SSSR count). The largest absolute Gasteiger partial charge is 0.382 e. The van der Waals surface area contributed by atoms with Gasteiger partial charge in [0, 0.05) is 19.8 Å².